The van der Waals surface area contributed by atoms with E-state index >= 15 is 0 Å². The number of sulfonamides is 1. The predicted octanol–water partition coefficient (Wildman–Crippen LogP) is 2.52. The zero-order chi connectivity index (χ0) is 24.7. The molecule has 1 fully saturated rings. The molecule has 11 heteroatoms. The van der Waals surface area contributed by atoms with Crippen molar-refractivity contribution in [2.75, 3.05) is 31.6 Å². The molecule has 0 radical (unpaired) electrons. The molecule has 1 atom stereocenters. The lowest BCUT2D eigenvalue weighted by Crippen LogP contribution is -2.40. The number of rotatable bonds is 5. The number of anilines is 1. The highest BCUT2D eigenvalue weighted by atomic mass is 32.2. The molecule has 1 saturated heterocycles. The fourth-order valence-electron chi connectivity index (χ4n) is 4.29. The normalized spacial score (nSPS) is 18.4. The van der Waals surface area contributed by atoms with E-state index in [0.29, 0.717) is 54.9 Å². The SMILES string of the molecule is Cc1cccc(-n2nc3c(c2NC(=O)c2ccc(S(=O)(=O)N4CCOCC4)cc2)C[S@@](=O)C3)c1C. The second-order valence-corrected chi connectivity index (χ2v) is 12.0. The van der Waals surface area contributed by atoms with Crippen molar-refractivity contribution in [1.82, 2.24) is 14.1 Å². The summed E-state index contributed by atoms with van der Waals surface area (Å²) >= 11 is 0. The van der Waals surface area contributed by atoms with Gasteiger partial charge < -0.3 is 10.1 Å². The van der Waals surface area contributed by atoms with Gasteiger partial charge in [-0.25, -0.2) is 13.1 Å². The number of amides is 1. The van der Waals surface area contributed by atoms with Crippen LogP contribution in [0.15, 0.2) is 47.4 Å². The zero-order valence-electron chi connectivity index (χ0n) is 19.5. The second kappa shape index (κ2) is 9.30. The quantitative estimate of drug-likeness (QED) is 0.560. The average Bonchev–Trinajstić information content (AvgIpc) is 3.38. The molecule has 1 aromatic heterocycles. The Morgan fingerprint density at radius 1 is 1.06 bits per heavy atom. The second-order valence-electron chi connectivity index (χ2n) is 8.63. The van der Waals surface area contributed by atoms with Gasteiger partial charge in [-0.15, -0.1) is 0 Å². The highest BCUT2D eigenvalue weighted by Crippen LogP contribution is 2.33. The summed E-state index contributed by atoms with van der Waals surface area (Å²) in [6.07, 6.45) is 0. The molecule has 0 saturated carbocycles. The molecule has 2 aromatic carbocycles. The Morgan fingerprint density at radius 3 is 2.49 bits per heavy atom. The summed E-state index contributed by atoms with van der Waals surface area (Å²) in [4.78, 5) is 13.3. The zero-order valence-corrected chi connectivity index (χ0v) is 21.1. The summed E-state index contributed by atoms with van der Waals surface area (Å²) in [5.41, 5.74) is 4.76. The van der Waals surface area contributed by atoms with Gasteiger partial charge in [-0.2, -0.15) is 9.40 Å². The molecule has 184 valence electrons. The van der Waals surface area contributed by atoms with Crippen molar-refractivity contribution < 1.29 is 22.2 Å². The molecular formula is C24H26N4O5S2. The summed E-state index contributed by atoms with van der Waals surface area (Å²) < 4.78 is 46.3. The third-order valence-corrected chi connectivity index (χ3v) is 9.55. The fourth-order valence-corrected chi connectivity index (χ4v) is 6.96. The molecule has 2 aliphatic rings. The van der Waals surface area contributed by atoms with E-state index in [2.05, 4.69) is 10.4 Å². The van der Waals surface area contributed by atoms with Crippen molar-refractivity contribution in [3.8, 4) is 5.69 Å². The van der Waals surface area contributed by atoms with Crippen LogP contribution < -0.4 is 5.32 Å². The van der Waals surface area contributed by atoms with Gasteiger partial charge in [0, 0.05) is 35.0 Å². The Balaban J connectivity index is 1.44. The maximum Gasteiger partial charge on any atom is 0.256 e. The number of nitrogens with zero attached hydrogens (tertiary/aromatic N) is 3. The monoisotopic (exact) mass is 514 g/mol. The van der Waals surface area contributed by atoms with Gasteiger partial charge in [0.2, 0.25) is 10.0 Å². The van der Waals surface area contributed by atoms with Crippen LogP contribution in [0, 0.1) is 13.8 Å². The third-order valence-electron chi connectivity index (χ3n) is 6.43. The van der Waals surface area contributed by atoms with Crippen LogP contribution in [0.4, 0.5) is 5.82 Å². The number of carbonyl (C=O) groups excluding carboxylic acids is 1. The number of ether oxygens (including phenoxy) is 1. The molecule has 35 heavy (non-hydrogen) atoms. The number of morpholine rings is 1. The highest BCUT2D eigenvalue weighted by molar-refractivity contribution is 7.89. The van der Waals surface area contributed by atoms with Gasteiger partial charge >= 0.3 is 0 Å². The molecule has 1 amide bonds. The number of nitrogens with one attached hydrogen (secondary N) is 1. The van der Waals surface area contributed by atoms with E-state index in [1.165, 1.54) is 28.6 Å². The Morgan fingerprint density at radius 2 is 1.77 bits per heavy atom. The average molecular weight is 515 g/mol. The number of aryl methyl sites for hydroxylation is 1. The first-order chi connectivity index (χ1) is 16.8. The van der Waals surface area contributed by atoms with E-state index in [4.69, 9.17) is 4.74 Å². The minimum absolute atomic E-state index is 0.132. The number of fused-ring (bicyclic) bond motifs is 1. The van der Waals surface area contributed by atoms with Crippen molar-refractivity contribution >= 4 is 32.5 Å². The molecule has 1 N–H and O–H groups in total. The van der Waals surface area contributed by atoms with Crippen LogP contribution in [0.5, 0.6) is 0 Å². The van der Waals surface area contributed by atoms with Gasteiger partial charge in [0.1, 0.15) is 5.82 Å². The van der Waals surface area contributed by atoms with E-state index in [-0.39, 0.29) is 4.90 Å². The maximum absolute atomic E-state index is 13.2. The largest absolute Gasteiger partial charge is 0.379 e. The van der Waals surface area contributed by atoms with Gasteiger partial charge in [0.15, 0.2) is 0 Å². The van der Waals surface area contributed by atoms with Crippen LogP contribution in [0.25, 0.3) is 5.69 Å². The van der Waals surface area contributed by atoms with Crippen LogP contribution >= 0.6 is 0 Å². The third kappa shape index (κ3) is 4.44. The maximum atomic E-state index is 13.2. The topological polar surface area (TPSA) is 111 Å². The molecule has 3 aromatic rings. The molecule has 0 unspecified atom stereocenters. The first-order valence-corrected chi connectivity index (χ1v) is 14.2. The minimum Gasteiger partial charge on any atom is -0.379 e. The molecule has 9 nitrogen and oxygen atoms in total. The lowest BCUT2D eigenvalue weighted by molar-refractivity contribution is 0.0730. The van der Waals surface area contributed by atoms with Crippen molar-refractivity contribution in [3.05, 3.63) is 70.4 Å². The molecule has 0 bridgehead atoms. The molecule has 0 aliphatic carbocycles. The van der Waals surface area contributed by atoms with Crippen LogP contribution in [-0.4, -0.2) is 58.9 Å². The van der Waals surface area contributed by atoms with Crippen molar-refractivity contribution in [3.63, 3.8) is 0 Å². The first-order valence-electron chi connectivity index (χ1n) is 11.3. The van der Waals surface area contributed by atoms with E-state index < -0.39 is 26.7 Å². The van der Waals surface area contributed by atoms with Gasteiger partial charge in [-0.05, 0) is 55.3 Å². The van der Waals surface area contributed by atoms with Crippen LogP contribution in [0.3, 0.4) is 0 Å². The lowest BCUT2D eigenvalue weighted by Gasteiger charge is -2.26. The van der Waals surface area contributed by atoms with E-state index in [9.17, 15) is 17.4 Å². The van der Waals surface area contributed by atoms with E-state index in [1.807, 2.05) is 32.0 Å². The fraction of sp³-hybridized carbons (Fsp3) is 0.333. The summed E-state index contributed by atoms with van der Waals surface area (Å²) in [6, 6.07) is 11.8. The number of hydrogen-bond acceptors (Lipinski definition) is 6. The summed E-state index contributed by atoms with van der Waals surface area (Å²) in [5.74, 6) is 0.776. The molecule has 0 spiro atoms. The Hall–Kier alpha value is -2.86. The number of aromatic nitrogens is 2. The Labute approximate surface area is 206 Å². The van der Waals surface area contributed by atoms with Gasteiger partial charge in [0.05, 0.1) is 41.0 Å². The van der Waals surface area contributed by atoms with Crippen molar-refractivity contribution in [2.45, 2.75) is 30.2 Å². The Bertz CT molecular complexity index is 1420. The molecule has 5 rings (SSSR count). The minimum atomic E-state index is -3.65. The molecule has 3 heterocycles. The van der Waals surface area contributed by atoms with Crippen LogP contribution in [0.1, 0.15) is 32.7 Å². The number of benzene rings is 2. The van der Waals surface area contributed by atoms with Crippen LogP contribution in [0.2, 0.25) is 0 Å². The predicted molar refractivity (Wildman–Crippen MR) is 133 cm³/mol. The van der Waals surface area contributed by atoms with Crippen LogP contribution in [-0.2, 0) is 37.1 Å². The number of hydrogen-bond donors (Lipinski definition) is 1. The summed E-state index contributed by atoms with van der Waals surface area (Å²) in [6.45, 7) is 5.34. The standard InChI is InChI=1S/C24H26N4O5S2/c1-16-4-3-5-22(17(16)2)28-23(20-14-34(30)15-21(20)26-28)25-24(29)18-6-8-19(9-7-18)35(31,32)27-10-12-33-13-11-27/h3-9H,10-15H2,1-2H3,(H,25,29)/t34-/m1/s1. The number of carbonyl (C=O) groups is 1. The van der Waals surface area contributed by atoms with Gasteiger partial charge in [-0.1, -0.05) is 12.1 Å². The molecule has 2 aliphatic heterocycles. The summed E-state index contributed by atoms with van der Waals surface area (Å²) in [7, 11) is -4.70. The highest BCUT2D eigenvalue weighted by Gasteiger charge is 2.30. The van der Waals surface area contributed by atoms with Gasteiger partial charge in [-0.3, -0.25) is 9.00 Å². The lowest BCUT2D eigenvalue weighted by atomic mass is 10.1. The van der Waals surface area contributed by atoms with Crippen molar-refractivity contribution in [2.24, 2.45) is 0 Å². The molecular weight excluding hydrogens is 488 g/mol. The summed E-state index contributed by atoms with van der Waals surface area (Å²) in [5, 5.41) is 7.62. The van der Waals surface area contributed by atoms with Crippen molar-refractivity contribution in [1.29, 1.82) is 0 Å². The first kappa shape index (κ1) is 23.9. The Kier molecular flexibility index (Phi) is 6.34. The smallest absolute Gasteiger partial charge is 0.256 e. The van der Waals surface area contributed by atoms with Gasteiger partial charge in [0.25, 0.3) is 5.91 Å². The van der Waals surface area contributed by atoms with E-state index in [0.717, 1.165) is 22.4 Å². The van der Waals surface area contributed by atoms with E-state index in [1.54, 1.807) is 4.68 Å².